The van der Waals surface area contributed by atoms with Gasteiger partial charge in [-0.25, -0.2) is 0 Å². The molecule has 0 saturated carbocycles. The Hall–Kier alpha value is -1.14. The first kappa shape index (κ1) is 16.2. The van der Waals surface area contributed by atoms with Crippen molar-refractivity contribution < 1.29 is 14.6 Å². The van der Waals surface area contributed by atoms with Crippen molar-refractivity contribution >= 4 is 17.5 Å². The van der Waals surface area contributed by atoms with Crippen molar-refractivity contribution in [3.8, 4) is 0 Å². The summed E-state index contributed by atoms with van der Waals surface area (Å²) in [7, 11) is 0. The van der Waals surface area contributed by atoms with E-state index in [0.29, 0.717) is 23.7 Å². The predicted octanol–water partition coefficient (Wildman–Crippen LogP) is 1.21. The van der Waals surface area contributed by atoms with Gasteiger partial charge in [0.2, 0.25) is 0 Å². The summed E-state index contributed by atoms with van der Waals surface area (Å²) in [5.74, 6) is -0.195. The van der Waals surface area contributed by atoms with Gasteiger partial charge in [-0.3, -0.25) is 9.69 Å². The lowest BCUT2D eigenvalue weighted by molar-refractivity contribution is -0.138. The molecule has 1 amide bonds. The van der Waals surface area contributed by atoms with E-state index in [1.54, 1.807) is 24.3 Å². The smallest absolute Gasteiger partial charge is 0.250 e. The number of amides is 1. The number of carbonyl (C=O) groups is 1. The van der Waals surface area contributed by atoms with E-state index in [2.05, 4.69) is 17.1 Å². The number of aliphatic hydroxyl groups is 1. The molecule has 1 aromatic carbocycles. The molecule has 0 radical (unpaired) electrons. The molecule has 21 heavy (non-hydrogen) atoms. The lowest BCUT2D eigenvalue weighted by Gasteiger charge is -2.31. The number of halogens is 1. The first-order chi connectivity index (χ1) is 10.1. The van der Waals surface area contributed by atoms with Crippen molar-refractivity contribution in [1.82, 2.24) is 10.2 Å². The van der Waals surface area contributed by atoms with Crippen LogP contribution in [-0.4, -0.2) is 54.8 Å². The number of likely N-dealkylation sites (N-methyl/N-ethyl adjacent to an activating group) is 1. The van der Waals surface area contributed by atoms with Gasteiger partial charge in [0.1, 0.15) is 6.10 Å². The number of rotatable bonds is 5. The van der Waals surface area contributed by atoms with Crippen molar-refractivity contribution in [3.63, 3.8) is 0 Å². The van der Waals surface area contributed by atoms with E-state index in [1.165, 1.54) is 0 Å². The minimum Gasteiger partial charge on any atom is -0.387 e. The van der Waals surface area contributed by atoms with E-state index in [1.807, 2.05) is 0 Å². The van der Waals surface area contributed by atoms with Crippen LogP contribution in [0.4, 0.5) is 0 Å². The Kier molecular flexibility index (Phi) is 5.99. The molecule has 1 aromatic rings. The van der Waals surface area contributed by atoms with Gasteiger partial charge in [-0.15, -0.1) is 0 Å². The van der Waals surface area contributed by atoms with Gasteiger partial charge in [-0.05, 0) is 12.6 Å². The van der Waals surface area contributed by atoms with Crippen LogP contribution in [0.25, 0.3) is 0 Å². The highest BCUT2D eigenvalue weighted by molar-refractivity contribution is 6.31. The SMILES string of the molecule is CCN1CCOC(C(=O)NCC(O)c2ccccc2Cl)C1. The number of aliphatic hydroxyl groups excluding tert-OH is 1. The van der Waals surface area contributed by atoms with Gasteiger partial charge in [-0.1, -0.05) is 36.7 Å². The molecule has 2 N–H and O–H groups in total. The molecule has 1 saturated heterocycles. The summed E-state index contributed by atoms with van der Waals surface area (Å²) < 4.78 is 5.47. The number of morpholine rings is 1. The Morgan fingerprint density at radius 3 is 3.05 bits per heavy atom. The van der Waals surface area contributed by atoms with Crippen molar-refractivity contribution in [2.75, 3.05) is 32.8 Å². The molecule has 1 aliphatic heterocycles. The van der Waals surface area contributed by atoms with Crippen molar-refractivity contribution in [2.24, 2.45) is 0 Å². The molecule has 1 fully saturated rings. The number of nitrogens with one attached hydrogen (secondary N) is 1. The molecule has 2 unspecified atom stereocenters. The van der Waals surface area contributed by atoms with Crippen LogP contribution in [0, 0.1) is 0 Å². The van der Waals surface area contributed by atoms with Gasteiger partial charge in [0.25, 0.3) is 5.91 Å². The van der Waals surface area contributed by atoms with E-state index in [0.717, 1.165) is 13.1 Å². The van der Waals surface area contributed by atoms with Gasteiger partial charge in [0, 0.05) is 30.2 Å². The average Bonchev–Trinajstić information content (AvgIpc) is 2.52. The topological polar surface area (TPSA) is 61.8 Å². The minimum absolute atomic E-state index is 0.120. The molecule has 6 heteroatoms. The first-order valence-corrected chi connectivity index (χ1v) is 7.53. The lowest BCUT2D eigenvalue weighted by Crippen LogP contribution is -2.50. The summed E-state index contributed by atoms with van der Waals surface area (Å²) in [6.07, 6.45) is -1.30. The van der Waals surface area contributed by atoms with E-state index < -0.39 is 12.2 Å². The number of nitrogens with zero attached hydrogens (tertiary/aromatic N) is 1. The summed E-state index contributed by atoms with van der Waals surface area (Å²) in [5.41, 5.74) is 0.610. The monoisotopic (exact) mass is 312 g/mol. The van der Waals surface area contributed by atoms with Gasteiger partial charge in [-0.2, -0.15) is 0 Å². The van der Waals surface area contributed by atoms with Crippen LogP contribution >= 0.6 is 11.6 Å². The number of benzene rings is 1. The fourth-order valence-corrected chi connectivity index (χ4v) is 2.58. The van der Waals surface area contributed by atoms with Crippen LogP contribution < -0.4 is 5.32 Å². The summed E-state index contributed by atoms with van der Waals surface area (Å²) >= 11 is 6.02. The minimum atomic E-state index is -0.825. The van der Waals surface area contributed by atoms with Crippen LogP contribution in [0.1, 0.15) is 18.6 Å². The van der Waals surface area contributed by atoms with Crippen LogP contribution in [0.2, 0.25) is 5.02 Å². The first-order valence-electron chi connectivity index (χ1n) is 7.16. The fourth-order valence-electron chi connectivity index (χ4n) is 2.31. The number of hydrogen-bond acceptors (Lipinski definition) is 4. The molecule has 2 atom stereocenters. The van der Waals surface area contributed by atoms with Crippen LogP contribution in [-0.2, 0) is 9.53 Å². The fraction of sp³-hybridized carbons (Fsp3) is 0.533. The van der Waals surface area contributed by atoms with Crippen molar-refractivity contribution in [2.45, 2.75) is 19.1 Å². The molecule has 0 bridgehead atoms. The maximum Gasteiger partial charge on any atom is 0.250 e. The van der Waals surface area contributed by atoms with Crippen LogP contribution in [0.5, 0.6) is 0 Å². The Morgan fingerprint density at radius 2 is 2.33 bits per heavy atom. The quantitative estimate of drug-likeness (QED) is 0.858. The zero-order valence-electron chi connectivity index (χ0n) is 12.1. The highest BCUT2D eigenvalue weighted by Gasteiger charge is 2.26. The normalized spacial score (nSPS) is 21.0. The molecule has 0 aliphatic carbocycles. The van der Waals surface area contributed by atoms with E-state index in [9.17, 15) is 9.90 Å². The van der Waals surface area contributed by atoms with E-state index in [4.69, 9.17) is 16.3 Å². The largest absolute Gasteiger partial charge is 0.387 e. The standard InChI is InChI=1S/C15H21ClN2O3/c1-2-18-7-8-21-14(10-18)15(20)17-9-13(19)11-5-3-4-6-12(11)16/h3-6,13-14,19H,2,7-10H2,1H3,(H,17,20). The Labute approximate surface area is 129 Å². The molecular formula is C15H21ClN2O3. The highest BCUT2D eigenvalue weighted by atomic mass is 35.5. The molecule has 1 aliphatic rings. The van der Waals surface area contributed by atoms with E-state index >= 15 is 0 Å². The van der Waals surface area contributed by atoms with Crippen molar-refractivity contribution in [1.29, 1.82) is 0 Å². The molecule has 5 nitrogen and oxygen atoms in total. The summed E-state index contributed by atoms with van der Waals surface area (Å²) in [5, 5.41) is 13.3. The molecule has 1 heterocycles. The van der Waals surface area contributed by atoms with Gasteiger partial charge < -0.3 is 15.2 Å². The van der Waals surface area contributed by atoms with E-state index in [-0.39, 0.29) is 12.5 Å². The Morgan fingerprint density at radius 1 is 1.57 bits per heavy atom. The van der Waals surface area contributed by atoms with Gasteiger partial charge in [0.05, 0.1) is 12.7 Å². The third-order valence-electron chi connectivity index (χ3n) is 3.62. The zero-order valence-corrected chi connectivity index (χ0v) is 12.8. The predicted molar refractivity (Wildman–Crippen MR) is 81.3 cm³/mol. The lowest BCUT2D eigenvalue weighted by atomic mass is 10.1. The maximum absolute atomic E-state index is 12.1. The molecule has 0 aromatic heterocycles. The third kappa shape index (κ3) is 4.41. The number of ether oxygens (including phenoxy) is 1. The summed E-state index contributed by atoms with van der Waals surface area (Å²) in [4.78, 5) is 14.2. The maximum atomic E-state index is 12.1. The van der Waals surface area contributed by atoms with Crippen LogP contribution in [0.15, 0.2) is 24.3 Å². The molecule has 0 spiro atoms. The van der Waals surface area contributed by atoms with Gasteiger partial charge >= 0.3 is 0 Å². The second-order valence-electron chi connectivity index (χ2n) is 5.04. The molecular weight excluding hydrogens is 292 g/mol. The van der Waals surface area contributed by atoms with Crippen molar-refractivity contribution in [3.05, 3.63) is 34.9 Å². The Bertz CT molecular complexity index is 484. The zero-order chi connectivity index (χ0) is 15.2. The van der Waals surface area contributed by atoms with Gasteiger partial charge in [0.15, 0.2) is 0 Å². The second kappa shape index (κ2) is 7.75. The number of hydrogen-bond donors (Lipinski definition) is 2. The summed E-state index contributed by atoms with van der Waals surface area (Å²) in [6, 6.07) is 7.06. The number of carbonyl (C=O) groups excluding carboxylic acids is 1. The summed E-state index contributed by atoms with van der Waals surface area (Å²) in [6.45, 7) is 5.07. The molecule has 2 rings (SSSR count). The van der Waals surface area contributed by atoms with Crippen LogP contribution in [0.3, 0.4) is 0 Å². The highest BCUT2D eigenvalue weighted by Crippen LogP contribution is 2.21. The average molecular weight is 313 g/mol. The Balaban J connectivity index is 1.85. The molecule has 116 valence electrons. The third-order valence-corrected chi connectivity index (χ3v) is 3.97. The second-order valence-corrected chi connectivity index (χ2v) is 5.44.